The molecule has 0 aliphatic rings. The SMILES string of the molecule is Cc1cc(CCl)ccc1C(N)=O. The van der Waals surface area contributed by atoms with E-state index in [1.54, 1.807) is 12.1 Å². The van der Waals surface area contributed by atoms with Gasteiger partial charge in [0.15, 0.2) is 0 Å². The maximum absolute atomic E-state index is 10.8. The van der Waals surface area contributed by atoms with Gasteiger partial charge < -0.3 is 5.73 Å². The lowest BCUT2D eigenvalue weighted by Crippen LogP contribution is -2.12. The second kappa shape index (κ2) is 3.59. The van der Waals surface area contributed by atoms with Crippen LogP contribution in [-0.2, 0) is 5.88 Å². The minimum Gasteiger partial charge on any atom is -0.366 e. The first-order chi connectivity index (χ1) is 5.65. The number of benzene rings is 1. The summed E-state index contributed by atoms with van der Waals surface area (Å²) in [5, 5.41) is 0. The molecule has 0 saturated heterocycles. The quantitative estimate of drug-likeness (QED) is 0.699. The summed E-state index contributed by atoms with van der Waals surface area (Å²) in [6, 6.07) is 5.38. The largest absolute Gasteiger partial charge is 0.366 e. The fourth-order valence-electron chi connectivity index (χ4n) is 1.09. The van der Waals surface area contributed by atoms with Crippen molar-refractivity contribution in [3.63, 3.8) is 0 Å². The molecular formula is C9H10ClNO. The van der Waals surface area contributed by atoms with Gasteiger partial charge in [-0.3, -0.25) is 4.79 Å². The summed E-state index contributed by atoms with van der Waals surface area (Å²) in [4.78, 5) is 10.8. The Morgan fingerprint density at radius 2 is 2.25 bits per heavy atom. The zero-order valence-corrected chi connectivity index (χ0v) is 7.56. The second-order valence-corrected chi connectivity index (χ2v) is 2.91. The van der Waals surface area contributed by atoms with Gasteiger partial charge in [-0.15, -0.1) is 11.6 Å². The van der Waals surface area contributed by atoms with Crippen LogP contribution in [0.5, 0.6) is 0 Å². The highest BCUT2D eigenvalue weighted by Gasteiger charge is 2.03. The smallest absolute Gasteiger partial charge is 0.248 e. The van der Waals surface area contributed by atoms with E-state index in [2.05, 4.69) is 0 Å². The molecule has 0 aromatic heterocycles. The van der Waals surface area contributed by atoms with Crippen LogP contribution in [0.2, 0.25) is 0 Å². The lowest BCUT2D eigenvalue weighted by molar-refractivity contribution is 0.0999. The number of carbonyl (C=O) groups excluding carboxylic acids is 1. The van der Waals surface area contributed by atoms with Crippen molar-refractivity contribution < 1.29 is 4.79 Å². The number of primary amides is 1. The lowest BCUT2D eigenvalue weighted by atomic mass is 10.1. The van der Waals surface area contributed by atoms with Crippen molar-refractivity contribution in [2.24, 2.45) is 5.73 Å². The number of hydrogen-bond donors (Lipinski definition) is 1. The molecule has 0 saturated carbocycles. The second-order valence-electron chi connectivity index (χ2n) is 2.65. The highest BCUT2D eigenvalue weighted by molar-refractivity contribution is 6.17. The summed E-state index contributed by atoms with van der Waals surface area (Å²) < 4.78 is 0. The summed E-state index contributed by atoms with van der Waals surface area (Å²) in [5.74, 6) is 0.0634. The minimum absolute atomic E-state index is 0.395. The molecule has 0 spiro atoms. The third-order valence-electron chi connectivity index (χ3n) is 1.71. The molecule has 1 aromatic rings. The van der Waals surface area contributed by atoms with Gasteiger partial charge >= 0.3 is 0 Å². The maximum atomic E-state index is 10.8. The van der Waals surface area contributed by atoms with Gasteiger partial charge in [-0.25, -0.2) is 0 Å². The molecule has 0 bridgehead atoms. The third-order valence-corrected chi connectivity index (χ3v) is 2.02. The molecule has 0 radical (unpaired) electrons. The normalized spacial score (nSPS) is 9.83. The number of carbonyl (C=O) groups is 1. The molecule has 2 N–H and O–H groups in total. The van der Waals surface area contributed by atoms with E-state index < -0.39 is 5.91 Å². The van der Waals surface area contributed by atoms with Crippen LogP contribution in [0.4, 0.5) is 0 Å². The predicted octanol–water partition coefficient (Wildman–Crippen LogP) is 1.83. The van der Waals surface area contributed by atoms with Crippen LogP contribution in [0, 0.1) is 6.92 Å². The first-order valence-electron chi connectivity index (χ1n) is 3.60. The van der Waals surface area contributed by atoms with Crippen LogP contribution in [0.25, 0.3) is 0 Å². The van der Waals surface area contributed by atoms with Gasteiger partial charge in [0.1, 0.15) is 0 Å². The van der Waals surface area contributed by atoms with Crippen molar-refractivity contribution in [1.29, 1.82) is 0 Å². The Hall–Kier alpha value is -1.02. The number of hydrogen-bond acceptors (Lipinski definition) is 1. The van der Waals surface area contributed by atoms with Crippen molar-refractivity contribution >= 4 is 17.5 Å². The first kappa shape index (κ1) is 9.07. The van der Waals surface area contributed by atoms with Crippen LogP contribution >= 0.6 is 11.6 Å². The molecule has 0 fully saturated rings. The number of amides is 1. The van der Waals surface area contributed by atoms with Crippen molar-refractivity contribution in [1.82, 2.24) is 0 Å². The Labute approximate surface area is 76.3 Å². The summed E-state index contributed by atoms with van der Waals surface area (Å²) in [6.45, 7) is 1.84. The Morgan fingerprint density at radius 1 is 1.58 bits per heavy atom. The maximum Gasteiger partial charge on any atom is 0.248 e. The molecule has 2 nitrogen and oxygen atoms in total. The van der Waals surface area contributed by atoms with E-state index >= 15 is 0 Å². The molecule has 0 unspecified atom stereocenters. The molecule has 3 heteroatoms. The highest BCUT2D eigenvalue weighted by Crippen LogP contribution is 2.11. The zero-order chi connectivity index (χ0) is 9.14. The predicted molar refractivity (Wildman–Crippen MR) is 49.3 cm³/mol. The van der Waals surface area contributed by atoms with E-state index in [0.29, 0.717) is 11.4 Å². The number of aryl methyl sites for hydroxylation is 1. The Kier molecular flexibility index (Phi) is 2.71. The molecule has 1 amide bonds. The topological polar surface area (TPSA) is 43.1 Å². The fraction of sp³-hybridized carbons (Fsp3) is 0.222. The Bertz CT molecular complexity index is 309. The zero-order valence-electron chi connectivity index (χ0n) is 6.80. The van der Waals surface area contributed by atoms with Crippen LogP contribution in [-0.4, -0.2) is 5.91 Å². The van der Waals surface area contributed by atoms with Crippen molar-refractivity contribution in [2.45, 2.75) is 12.8 Å². The summed E-state index contributed by atoms with van der Waals surface area (Å²) >= 11 is 5.61. The Balaban J connectivity index is 3.12. The summed E-state index contributed by atoms with van der Waals surface area (Å²) in [5.41, 5.74) is 7.57. The monoisotopic (exact) mass is 183 g/mol. The fourth-order valence-corrected chi connectivity index (χ4v) is 1.25. The van der Waals surface area contributed by atoms with Gasteiger partial charge in [0.2, 0.25) is 5.91 Å². The number of alkyl halides is 1. The van der Waals surface area contributed by atoms with Crippen molar-refractivity contribution in [3.8, 4) is 0 Å². The van der Waals surface area contributed by atoms with E-state index in [1.807, 2.05) is 13.0 Å². The van der Waals surface area contributed by atoms with Crippen molar-refractivity contribution in [2.75, 3.05) is 0 Å². The minimum atomic E-state index is -0.395. The van der Waals surface area contributed by atoms with E-state index in [9.17, 15) is 4.79 Å². The molecule has 1 rings (SSSR count). The van der Waals surface area contributed by atoms with Crippen LogP contribution < -0.4 is 5.73 Å². The average Bonchev–Trinajstić information content (AvgIpc) is 2.03. The summed E-state index contributed by atoms with van der Waals surface area (Å²) in [7, 11) is 0. The molecule has 0 atom stereocenters. The van der Waals surface area contributed by atoms with Gasteiger partial charge in [-0.1, -0.05) is 12.1 Å². The highest BCUT2D eigenvalue weighted by atomic mass is 35.5. The molecule has 0 heterocycles. The third kappa shape index (κ3) is 1.77. The van der Waals surface area contributed by atoms with E-state index in [4.69, 9.17) is 17.3 Å². The van der Waals surface area contributed by atoms with Gasteiger partial charge in [0.25, 0.3) is 0 Å². The number of nitrogens with two attached hydrogens (primary N) is 1. The van der Waals surface area contributed by atoms with E-state index in [-0.39, 0.29) is 0 Å². The molecular weight excluding hydrogens is 174 g/mol. The lowest BCUT2D eigenvalue weighted by Gasteiger charge is -2.02. The molecule has 0 aliphatic heterocycles. The number of rotatable bonds is 2. The average molecular weight is 184 g/mol. The molecule has 0 aliphatic carbocycles. The van der Waals surface area contributed by atoms with Gasteiger partial charge in [0.05, 0.1) is 0 Å². The van der Waals surface area contributed by atoms with Gasteiger partial charge in [0, 0.05) is 11.4 Å². The number of halogens is 1. The van der Waals surface area contributed by atoms with Gasteiger partial charge in [-0.2, -0.15) is 0 Å². The summed E-state index contributed by atoms with van der Waals surface area (Å²) in [6.07, 6.45) is 0. The first-order valence-corrected chi connectivity index (χ1v) is 4.14. The van der Waals surface area contributed by atoms with E-state index in [1.165, 1.54) is 0 Å². The van der Waals surface area contributed by atoms with Crippen LogP contribution in [0.1, 0.15) is 21.5 Å². The van der Waals surface area contributed by atoms with Gasteiger partial charge in [-0.05, 0) is 24.1 Å². The molecule has 12 heavy (non-hydrogen) atoms. The van der Waals surface area contributed by atoms with E-state index in [0.717, 1.165) is 11.1 Å². The standard InChI is InChI=1S/C9H10ClNO/c1-6-4-7(5-10)2-3-8(6)9(11)12/h2-4H,5H2,1H3,(H2,11,12). The molecule has 64 valence electrons. The van der Waals surface area contributed by atoms with Crippen molar-refractivity contribution in [3.05, 3.63) is 34.9 Å². The van der Waals surface area contributed by atoms with Crippen LogP contribution in [0.15, 0.2) is 18.2 Å². The Morgan fingerprint density at radius 3 is 2.67 bits per heavy atom. The molecule has 1 aromatic carbocycles. The van der Waals surface area contributed by atoms with Crippen LogP contribution in [0.3, 0.4) is 0 Å².